The molecule has 6 heteroatoms. The fraction of sp³-hybridized carbons (Fsp3) is 0.231. The monoisotopic (exact) mass is 267 g/mol. The predicted molar refractivity (Wildman–Crippen MR) is 66.2 cm³/mol. The van der Waals surface area contributed by atoms with Crippen LogP contribution in [0.1, 0.15) is 12.7 Å². The lowest BCUT2D eigenvalue weighted by molar-refractivity contribution is 0.449. The van der Waals surface area contributed by atoms with E-state index in [9.17, 15) is 13.2 Å². The SMILES string of the molecule is CCNc1cc(-c2ccc(F)c(F)c2F)nc(C)n1. The average molecular weight is 267 g/mol. The smallest absolute Gasteiger partial charge is 0.195 e. The summed E-state index contributed by atoms with van der Waals surface area (Å²) in [5, 5.41) is 2.96. The first kappa shape index (κ1) is 13.3. The Morgan fingerprint density at radius 2 is 1.84 bits per heavy atom. The number of nitrogens with one attached hydrogen (secondary N) is 1. The molecule has 100 valence electrons. The lowest BCUT2D eigenvalue weighted by Gasteiger charge is -2.08. The second-order valence-corrected chi connectivity index (χ2v) is 3.94. The lowest BCUT2D eigenvalue weighted by Crippen LogP contribution is -2.03. The van der Waals surface area contributed by atoms with Gasteiger partial charge in [0.1, 0.15) is 11.6 Å². The third kappa shape index (κ3) is 2.67. The number of nitrogens with zero attached hydrogens (tertiary/aromatic N) is 2. The average Bonchev–Trinajstić information content (AvgIpc) is 2.36. The van der Waals surface area contributed by atoms with Crippen molar-refractivity contribution < 1.29 is 13.2 Å². The number of benzene rings is 1. The maximum absolute atomic E-state index is 13.7. The molecule has 2 aromatic rings. The van der Waals surface area contributed by atoms with E-state index >= 15 is 0 Å². The largest absolute Gasteiger partial charge is 0.370 e. The van der Waals surface area contributed by atoms with Crippen LogP contribution in [0.2, 0.25) is 0 Å². The standard InChI is InChI=1S/C13H12F3N3/c1-3-17-11-6-10(18-7(2)19-11)8-4-5-9(14)13(16)12(8)15/h4-6H,3H2,1-2H3,(H,17,18,19). The van der Waals surface area contributed by atoms with E-state index in [2.05, 4.69) is 15.3 Å². The van der Waals surface area contributed by atoms with Gasteiger partial charge >= 0.3 is 0 Å². The van der Waals surface area contributed by atoms with Gasteiger partial charge in [-0.1, -0.05) is 0 Å². The van der Waals surface area contributed by atoms with Gasteiger partial charge in [-0.2, -0.15) is 0 Å². The molecule has 0 amide bonds. The summed E-state index contributed by atoms with van der Waals surface area (Å²) in [4.78, 5) is 8.14. The van der Waals surface area contributed by atoms with Gasteiger partial charge in [-0.15, -0.1) is 0 Å². The first-order valence-electron chi connectivity index (χ1n) is 5.76. The molecule has 0 saturated carbocycles. The quantitative estimate of drug-likeness (QED) is 0.867. The molecule has 0 bridgehead atoms. The van der Waals surface area contributed by atoms with E-state index in [0.717, 1.165) is 12.1 Å². The van der Waals surface area contributed by atoms with Crippen LogP contribution in [-0.4, -0.2) is 16.5 Å². The number of halogens is 3. The Morgan fingerprint density at radius 1 is 1.11 bits per heavy atom. The van der Waals surface area contributed by atoms with Crippen molar-refractivity contribution in [3.8, 4) is 11.3 Å². The van der Waals surface area contributed by atoms with Crippen molar-refractivity contribution in [3.63, 3.8) is 0 Å². The topological polar surface area (TPSA) is 37.8 Å². The van der Waals surface area contributed by atoms with Crippen molar-refractivity contribution in [1.29, 1.82) is 0 Å². The first-order valence-corrected chi connectivity index (χ1v) is 5.76. The second-order valence-electron chi connectivity index (χ2n) is 3.94. The molecule has 3 nitrogen and oxygen atoms in total. The maximum Gasteiger partial charge on any atom is 0.195 e. The summed E-state index contributed by atoms with van der Waals surface area (Å²) >= 11 is 0. The van der Waals surface area contributed by atoms with Gasteiger partial charge in [-0.05, 0) is 26.0 Å². The minimum Gasteiger partial charge on any atom is -0.370 e. The highest BCUT2D eigenvalue weighted by molar-refractivity contribution is 5.63. The van der Waals surface area contributed by atoms with Gasteiger partial charge < -0.3 is 5.32 Å². The van der Waals surface area contributed by atoms with E-state index < -0.39 is 17.5 Å². The van der Waals surface area contributed by atoms with Crippen molar-refractivity contribution in [2.24, 2.45) is 0 Å². The van der Waals surface area contributed by atoms with E-state index in [4.69, 9.17) is 0 Å². The summed E-state index contributed by atoms with van der Waals surface area (Å²) in [7, 11) is 0. The summed E-state index contributed by atoms with van der Waals surface area (Å²) in [5.74, 6) is -3.05. The molecule has 0 aliphatic rings. The van der Waals surface area contributed by atoms with Gasteiger partial charge in [0, 0.05) is 18.2 Å². The zero-order valence-corrected chi connectivity index (χ0v) is 10.5. The number of hydrogen-bond acceptors (Lipinski definition) is 3. The number of aromatic nitrogens is 2. The molecule has 0 aliphatic carbocycles. The van der Waals surface area contributed by atoms with Gasteiger partial charge in [0.25, 0.3) is 0 Å². The van der Waals surface area contributed by atoms with Gasteiger partial charge in [-0.3, -0.25) is 0 Å². The van der Waals surface area contributed by atoms with Crippen molar-refractivity contribution in [2.45, 2.75) is 13.8 Å². The Kier molecular flexibility index (Phi) is 3.69. The summed E-state index contributed by atoms with van der Waals surface area (Å²) in [6.07, 6.45) is 0. The van der Waals surface area contributed by atoms with Gasteiger partial charge in [-0.25, -0.2) is 23.1 Å². The van der Waals surface area contributed by atoms with E-state index in [-0.39, 0.29) is 11.3 Å². The fourth-order valence-electron chi connectivity index (χ4n) is 1.70. The van der Waals surface area contributed by atoms with Crippen LogP contribution in [0.4, 0.5) is 19.0 Å². The normalized spacial score (nSPS) is 10.6. The van der Waals surface area contributed by atoms with Crippen molar-refractivity contribution >= 4 is 5.82 Å². The molecule has 0 saturated heterocycles. The minimum absolute atomic E-state index is 0.0939. The predicted octanol–water partition coefficient (Wildman–Crippen LogP) is 3.30. The summed E-state index contributed by atoms with van der Waals surface area (Å²) in [6.45, 7) is 4.16. The molecule has 1 aromatic heterocycles. The number of anilines is 1. The Balaban J connectivity index is 2.55. The van der Waals surface area contributed by atoms with Crippen molar-refractivity contribution in [3.05, 3.63) is 41.5 Å². The highest BCUT2D eigenvalue weighted by atomic mass is 19.2. The molecule has 0 fully saturated rings. The number of aryl methyl sites for hydroxylation is 1. The fourth-order valence-corrected chi connectivity index (χ4v) is 1.70. The Labute approximate surface area is 108 Å². The molecule has 19 heavy (non-hydrogen) atoms. The van der Waals surface area contributed by atoms with Crippen LogP contribution in [0, 0.1) is 24.4 Å². The van der Waals surface area contributed by atoms with E-state index in [1.165, 1.54) is 6.07 Å². The summed E-state index contributed by atoms with van der Waals surface area (Å²) in [5.41, 5.74) is 0.114. The van der Waals surface area contributed by atoms with Gasteiger partial charge in [0.05, 0.1) is 5.69 Å². The Bertz CT molecular complexity index is 614. The maximum atomic E-state index is 13.7. The van der Waals surface area contributed by atoms with Crippen LogP contribution in [-0.2, 0) is 0 Å². The van der Waals surface area contributed by atoms with E-state index in [0.29, 0.717) is 18.2 Å². The molecule has 1 heterocycles. The highest BCUT2D eigenvalue weighted by Gasteiger charge is 2.16. The second kappa shape index (κ2) is 5.26. The first-order chi connectivity index (χ1) is 9.02. The molecular formula is C13H12F3N3. The Morgan fingerprint density at radius 3 is 2.53 bits per heavy atom. The van der Waals surface area contributed by atoms with Crippen LogP contribution in [0.15, 0.2) is 18.2 Å². The molecular weight excluding hydrogens is 255 g/mol. The molecule has 1 N–H and O–H groups in total. The molecule has 0 radical (unpaired) electrons. The van der Waals surface area contributed by atoms with Gasteiger partial charge in [0.15, 0.2) is 17.5 Å². The molecule has 1 aromatic carbocycles. The zero-order chi connectivity index (χ0) is 14.0. The molecule has 0 spiro atoms. The number of rotatable bonds is 3. The molecule has 0 aliphatic heterocycles. The van der Waals surface area contributed by atoms with E-state index in [1.807, 2.05) is 6.92 Å². The third-order valence-corrected chi connectivity index (χ3v) is 2.51. The van der Waals surface area contributed by atoms with Crippen LogP contribution in [0.25, 0.3) is 11.3 Å². The lowest BCUT2D eigenvalue weighted by atomic mass is 10.1. The van der Waals surface area contributed by atoms with Crippen molar-refractivity contribution in [2.75, 3.05) is 11.9 Å². The van der Waals surface area contributed by atoms with Crippen LogP contribution < -0.4 is 5.32 Å². The van der Waals surface area contributed by atoms with Gasteiger partial charge in [0.2, 0.25) is 0 Å². The summed E-state index contributed by atoms with van der Waals surface area (Å²) < 4.78 is 39.8. The minimum atomic E-state index is -1.50. The highest BCUT2D eigenvalue weighted by Crippen LogP contribution is 2.25. The third-order valence-electron chi connectivity index (χ3n) is 2.51. The van der Waals surface area contributed by atoms with E-state index in [1.54, 1.807) is 6.92 Å². The molecule has 0 atom stereocenters. The molecule has 2 rings (SSSR count). The van der Waals surface area contributed by atoms with Crippen LogP contribution >= 0.6 is 0 Å². The molecule has 0 unspecified atom stereocenters. The summed E-state index contributed by atoms with van der Waals surface area (Å²) in [6, 6.07) is 3.52. The van der Waals surface area contributed by atoms with Crippen molar-refractivity contribution in [1.82, 2.24) is 9.97 Å². The Hall–Kier alpha value is -2.11. The van der Waals surface area contributed by atoms with Crippen LogP contribution in [0.5, 0.6) is 0 Å². The zero-order valence-electron chi connectivity index (χ0n) is 10.5. The van der Waals surface area contributed by atoms with Crippen LogP contribution in [0.3, 0.4) is 0 Å². The number of hydrogen-bond donors (Lipinski definition) is 1.